The fraction of sp³-hybridized carbons (Fsp3) is 0.474. The number of nitrogens with zero attached hydrogens (tertiary/aromatic N) is 2. The Morgan fingerprint density at radius 3 is 3.00 bits per heavy atom. The molecule has 0 radical (unpaired) electrons. The molecule has 2 aliphatic rings. The van der Waals surface area contributed by atoms with Crippen LogP contribution in [0.4, 0.5) is 0 Å². The number of hydrogen-bond donors (Lipinski definition) is 1. The SMILES string of the molecule is O=C(COc1cccnc1)N(Cc1ccsc1)[C@@H]1CC12CCNCC2. The number of nitrogens with one attached hydrogen (secondary N) is 1. The van der Waals surface area contributed by atoms with Gasteiger partial charge in [-0.05, 0) is 72.3 Å². The number of rotatable bonds is 6. The molecule has 5 nitrogen and oxygen atoms in total. The van der Waals surface area contributed by atoms with Gasteiger partial charge in [0.15, 0.2) is 6.61 Å². The van der Waals surface area contributed by atoms with Crippen LogP contribution in [0, 0.1) is 5.41 Å². The van der Waals surface area contributed by atoms with E-state index in [1.807, 2.05) is 17.0 Å². The second-order valence-corrected chi connectivity index (χ2v) is 7.74. The van der Waals surface area contributed by atoms with Gasteiger partial charge in [0.05, 0.1) is 6.20 Å². The Morgan fingerprint density at radius 1 is 1.40 bits per heavy atom. The molecule has 1 saturated carbocycles. The summed E-state index contributed by atoms with van der Waals surface area (Å²) < 4.78 is 5.66. The first kappa shape index (κ1) is 16.5. The Kier molecular flexibility index (Phi) is 4.72. The van der Waals surface area contributed by atoms with Gasteiger partial charge in [0.1, 0.15) is 5.75 Å². The highest BCUT2D eigenvalue weighted by atomic mass is 32.1. The molecule has 0 aromatic carbocycles. The van der Waals surface area contributed by atoms with Gasteiger partial charge in [0.25, 0.3) is 5.91 Å². The van der Waals surface area contributed by atoms with Crippen LogP contribution >= 0.6 is 11.3 Å². The molecule has 3 heterocycles. The first-order chi connectivity index (χ1) is 12.3. The number of hydrogen-bond acceptors (Lipinski definition) is 5. The minimum atomic E-state index is 0.0652. The lowest BCUT2D eigenvalue weighted by Crippen LogP contribution is -2.41. The highest BCUT2D eigenvalue weighted by Crippen LogP contribution is 2.56. The Morgan fingerprint density at radius 2 is 2.28 bits per heavy atom. The van der Waals surface area contributed by atoms with Gasteiger partial charge in [-0.3, -0.25) is 9.78 Å². The van der Waals surface area contributed by atoms with Crippen molar-refractivity contribution in [2.45, 2.75) is 31.8 Å². The van der Waals surface area contributed by atoms with E-state index in [0.29, 0.717) is 23.8 Å². The second kappa shape index (κ2) is 7.14. The number of piperidine rings is 1. The van der Waals surface area contributed by atoms with Gasteiger partial charge in [-0.15, -0.1) is 0 Å². The second-order valence-electron chi connectivity index (χ2n) is 6.96. The quantitative estimate of drug-likeness (QED) is 0.864. The molecule has 1 saturated heterocycles. The summed E-state index contributed by atoms with van der Waals surface area (Å²) in [5.41, 5.74) is 1.53. The van der Waals surface area contributed by atoms with Gasteiger partial charge < -0.3 is 15.0 Å². The average molecular weight is 357 g/mol. The van der Waals surface area contributed by atoms with E-state index in [1.165, 1.54) is 5.56 Å². The minimum Gasteiger partial charge on any atom is -0.482 e. The van der Waals surface area contributed by atoms with Crippen molar-refractivity contribution in [2.24, 2.45) is 5.41 Å². The highest BCUT2D eigenvalue weighted by molar-refractivity contribution is 7.07. The number of amides is 1. The number of carbonyl (C=O) groups excluding carboxylic acids is 1. The van der Waals surface area contributed by atoms with Gasteiger partial charge in [-0.25, -0.2) is 0 Å². The summed E-state index contributed by atoms with van der Waals surface area (Å²) in [6.07, 6.45) is 6.78. The monoisotopic (exact) mass is 357 g/mol. The van der Waals surface area contributed by atoms with E-state index in [1.54, 1.807) is 23.7 Å². The number of carbonyl (C=O) groups is 1. The fourth-order valence-electron chi connectivity index (χ4n) is 3.84. The Bertz CT molecular complexity index is 699. The number of aromatic nitrogens is 1. The molecule has 0 bridgehead atoms. The van der Waals surface area contributed by atoms with Crippen LogP contribution < -0.4 is 10.1 Å². The summed E-state index contributed by atoms with van der Waals surface area (Å²) in [5, 5.41) is 7.62. The van der Waals surface area contributed by atoms with Crippen molar-refractivity contribution in [2.75, 3.05) is 19.7 Å². The van der Waals surface area contributed by atoms with E-state index >= 15 is 0 Å². The van der Waals surface area contributed by atoms with Crippen molar-refractivity contribution in [3.8, 4) is 5.75 Å². The van der Waals surface area contributed by atoms with Crippen LogP contribution in [-0.2, 0) is 11.3 Å². The molecule has 132 valence electrons. The van der Waals surface area contributed by atoms with Gasteiger partial charge in [0.2, 0.25) is 0 Å². The molecule has 1 spiro atoms. The standard InChI is InChI=1S/C19H23N3O2S/c23-18(13-24-16-2-1-6-21-11-16)22(12-15-3-9-25-14-15)17-10-19(17)4-7-20-8-5-19/h1-3,6,9,11,14,17,20H,4-5,7-8,10,12-13H2/t17-/m1/s1. The molecule has 2 aromatic heterocycles. The molecule has 25 heavy (non-hydrogen) atoms. The topological polar surface area (TPSA) is 54.5 Å². The van der Waals surface area contributed by atoms with Crippen LogP contribution in [0.25, 0.3) is 0 Å². The van der Waals surface area contributed by atoms with Crippen molar-refractivity contribution in [3.63, 3.8) is 0 Å². The maximum absolute atomic E-state index is 12.9. The van der Waals surface area contributed by atoms with E-state index < -0.39 is 0 Å². The average Bonchev–Trinajstić information content (AvgIpc) is 3.08. The third-order valence-electron chi connectivity index (χ3n) is 5.37. The molecule has 0 unspecified atom stereocenters. The molecule has 2 fully saturated rings. The van der Waals surface area contributed by atoms with Gasteiger partial charge in [0, 0.05) is 18.8 Å². The number of pyridine rings is 1. The smallest absolute Gasteiger partial charge is 0.261 e. The lowest BCUT2D eigenvalue weighted by Gasteiger charge is -2.29. The van der Waals surface area contributed by atoms with Crippen LogP contribution in [0.2, 0.25) is 0 Å². The molecular weight excluding hydrogens is 334 g/mol. The zero-order valence-corrected chi connectivity index (χ0v) is 15.0. The van der Waals surface area contributed by atoms with E-state index in [-0.39, 0.29) is 12.5 Å². The summed E-state index contributed by atoms with van der Waals surface area (Å²) in [6.45, 7) is 2.87. The predicted molar refractivity (Wildman–Crippen MR) is 97.5 cm³/mol. The van der Waals surface area contributed by atoms with E-state index in [2.05, 4.69) is 27.1 Å². The van der Waals surface area contributed by atoms with E-state index in [4.69, 9.17) is 4.74 Å². The van der Waals surface area contributed by atoms with Crippen LogP contribution in [-0.4, -0.2) is 41.5 Å². The molecular formula is C19H23N3O2S. The Hall–Kier alpha value is -1.92. The van der Waals surface area contributed by atoms with Gasteiger partial charge >= 0.3 is 0 Å². The van der Waals surface area contributed by atoms with Gasteiger partial charge in [-0.2, -0.15) is 11.3 Å². The largest absolute Gasteiger partial charge is 0.482 e. The van der Waals surface area contributed by atoms with Crippen molar-refractivity contribution in [3.05, 3.63) is 46.9 Å². The highest BCUT2D eigenvalue weighted by Gasteiger charge is 2.57. The summed E-state index contributed by atoms with van der Waals surface area (Å²) in [5.74, 6) is 0.703. The zero-order chi connectivity index (χ0) is 17.1. The Labute approximate surface area is 152 Å². The zero-order valence-electron chi connectivity index (χ0n) is 14.2. The normalized spacial score (nSPS) is 21.0. The molecule has 4 rings (SSSR count). The lowest BCUT2D eigenvalue weighted by atomic mass is 9.93. The maximum atomic E-state index is 12.9. The van der Waals surface area contributed by atoms with Gasteiger partial charge in [-0.1, -0.05) is 0 Å². The van der Waals surface area contributed by atoms with Crippen molar-refractivity contribution >= 4 is 17.2 Å². The third kappa shape index (κ3) is 3.70. The third-order valence-corrected chi connectivity index (χ3v) is 6.10. The molecule has 1 amide bonds. The molecule has 1 aliphatic heterocycles. The van der Waals surface area contributed by atoms with E-state index in [0.717, 1.165) is 32.4 Å². The summed E-state index contributed by atoms with van der Waals surface area (Å²) in [4.78, 5) is 19.0. The van der Waals surface area contributed by atoms with Crippen molar-refractivity contribution in [1.82, 2.24) is 15.2 Å². The molecule has 1 atom stereocenters. The fourth-order valence-corrected chi connectivity index (χ4v) is 4.50. The molecule has 1 aliphatic carbocycles. The van der Waals surface area contributed by atoms with Crippen LogP contribution in [0.1, 0.15) is 24.8 Å². The minimum absolute atomic E-state index is 0.0652. The van der Waals surface area contributed by atoms with Crippen molar-refractivity contribution in [1.29, 1.82) is 0 Å². The molecule has 1 N–H and O–H groups in total. The Balaban J connectivity index is 1.44. The van der Waals surface area contributed by atoms with E-state index in [9.17, 15) is 4.79 Å². The van der Waals surface area contributed by atoms with Crippen LogP contribution in [0.15, 0.2) is 41.4 Å². The first-order valence-electron chi connectivity index (χ1n) is 8.81. The number of thiophene rings is 1. The summed E-state index contributed by atoms with van der Waals surface area (Å²) in [6, 6.07) is 6.09. The predicted octanol–water partition coefficient (Wildman–Crippen LogP) is 2.69. The van der Waals surface area contributed by atoms with Crippen LogP contribution in [0.3, 0.4) is 0 Å². The summed E-state index contributed by atoms with van der Waals surface area (Å²) in [7, 11) is 0. The first-order valence-corrected chi connectivity index (χ1v) is 9.75. The number of ether oxygens (including phenoxy) is 1. The lowest BCUT2D eigenvalue weighted by molar-refractivity contribution is -0.135. The van der Waals surface area contributed by atoms with Crippen LogP contribution in [0.5, 0.6) is 5.75 Å². The molecule has 6 heteroatoms. The molecule has 2 aromatic rings. The summed E-state index contributed by atoms with van der Waals surface area (Å²) >= 11 is 1.68. The maximum Gasteiger partial charge on any atom is 0.261 e. The van der Waals surface area contributed by atoms with Crippen molar-refractivity contribution < 1.29 is 9.53 Å².